The van der Waals surface area contributed by atoms with Gasteiger partial charge >= 0.3 is 12.1 Å². The van der Waals surface area contributed by atoms with Crippen molar-refractivity contribution in [2.75, 3.05) is 13.2 Å². The van der Waals surface area contributed by atoms with Gasteiger partial charge in [-0.1, -0.05) is 55.0 Å². The minimum Gasteiger partial charge on any atom is -0.480 e. The van der Waals surface area contributed by atoms with Gasteiger partial charge in [0.15, 0.2) is 0 Å². The fraction of sp³-hybridized carbons (Fsp3) is 0.444. The maximum atomic E-state index is 12.8. The summed E-state index contributed by atoms with van der Waals surface area (Å²) < 4.78 is 5.68. The molecule has 2 fully saturated rings. The van der Waals surface area contributed by atoms with Crippen molar-refractivity contribution in [3.05, 3.63) is 59.7 Å². The fourth-order valence-corrected chi connectivity index (χ4v) is 5.93. The lowest BCUT2D eigenvalue weighted by Gasteiger charge is -2.26. The van der Waals surface area contributed by atoms with Crippen LogP contribution in [0.2, 0.25) is 0 Å². The summed E-state index contributed by atoms with van der Waals surface area (Å²) in [6, 6.07) is 15.6. The molecule has 2 aliphatic carbocycles. The lowest BCUT2D eigenvalue weighted by Crippen LogP contribution is -2.43. The van der Waals surface area contributed by atoms with Gasteiger partial charge < -0.3 is 20.1 Å². The van der Waals surface area contributed by atoms with Gasteiger partial charge in [0.1, 0.15) is 12.6 Å². The highest BCUT2D eigenvalue weighted by Crippen LogP contribution is 2.44. The number of carboxylic acid groups (broad SMARTS) is 1. The third kappa shape index (κ3) is 4.27. The van der Waals surface area contributed by atoms with Crippen LogP contribution in [-0.2, 0) is 14.3 Å². The quantitative estimate of drug-likeness (QED) is 0.672. The number of hydrogen-bond acceptors (Lipinski definition) is 4. The zero-order valence-electron chi connectivity index (χ0n) is 19.1. The van der Waals surface area contributed by atoms with Gasteiger partial charge in [-0.2, -0.15) is 0 Å². The minimum absolute atomic E-state index is 0.00206. The molecule has 5 rings (SSSR count). The maximum absolute atomic E-state index is 12.8. The van der Waals surface area contributed by atoms with E-state index in [1.807, 2.05) is 24.3 Å². The van der Waals surface area contributed by atoms with E-state index in [4.69, 9.17) is 4.74 Å². The molecule has 2 amide bonds. The molecule has 0 bridgehead atoms. The number of amides is 2. The summed E-state index contributed by atoms with van der Waals surface area (Å²) in [5.74, 6) is -1.06. The predicted molar refractivity (Wildman–Crippen MR) is 126 cm³/mol. The molecule has 1 heterocycles. The highest BCUT2D eigenvalue weighted by atomic mass is 16.5. The summed E-state index contributed by atoms with van der Waals surface area (Å²) in [4.78, 5) is 38.4. The van der Waals surface area contributed by atoms with Gasteiger partial charge in [-0.3, -0.25) is 4.79 Å². The monoisotopic (exact) mass is 462 g/mol. The van der Waals surface area contributed by atoms with Crippen LogP contribution >= 0.6 is 0 Å². The van der Waals surface area contributed by atoms with Crippen LogP contribution in [0.5, 0.6) is 0 Å². The third-order valence-corrected chi connectivity index (χ3v) is 7.60. The first-order chi connectivity index (χ1) is 16.5. The highest BCUT2D eigenvalue weighted by molar-refractivity contribution is 5.84. The van der Waals surface area contributed by atoms with Crippen molar-refractivity contribution in [3.63, 3.8) is 0 Å². The van der Waals surface area contributed by atoms with E-state index in [0.717, 1.165) is 25.7 Å². The Balaban J connectivity index is 1.18. The third-order valence-electron chi connectivity index (χ3n) is 7.60. The van der Waals surface area contributed by atoms with Gasteiger partial charge in [-0.25, -0.2) is 9.59 Å². The zero-order valence-corrected chi connectivity index (χ0v) is 19.1. The van der Waals surface area contributed by atoms with E-state index in [1.165, 1.54) is 27.2 Å². The summed E-state index contributed by atoms with van der Waals surface area (Å²) in [7, 11) is 0. The number of alkyl carbamates (subject to hydrolysis) is 1. The molecule has 2 aromatic rings. The second kappa shape index (κ2) is 9.49. The first-order valence-electron chi connectivity index (χ1n) is 12.2. The SMILES string of the molecule is O=C(N[C@@H]1CCC[C@H]1CC(=O)N1CCCC1C(=O)O)OCC1c2ccccc2-c2ccccc21. The molecule has 2 aromatic carbocycles. The van der Waals surface area contributed by atoms with E-state index in [1.54, 1.807) is 0 Å². The van der Waals surface area contributed by atoms with Crippen LogP contribution in [0.3, 0.4) is 0 Å². The van der Waals surface area contributed by atoms with E-state index in [0.29, 0.717) is 13.0 Å². The topological polar surface area (TPSA) is 95.9 Å². The molecule has 1 saturated heterocycles. The Bertz CT molecular complexity index is 1050. The number of nitrogens with one attached hydrogen (secondary N) is 1. The van der Waals surface area contributed by atoms with Crippen molar-refractivity contribution in [2.45, 2.75) is 56.5 Å². The molecule has 7 heteroatoms. The summed E-state index contributed by atoms with van der Waals surface area (Å²) >= 11 is 0. The Kier molecular flexibility index (Phi) is 6.26. The molecule has 1 aliphatic heterocycles. The van der Waals surface area contributed by atoms with Gasteiger partial charge in [0.2, 0.25) is 5.91 Å². The second-order valence-electron chi connectivity index (χ2n) is 9.55. The number of nitrogens with zero attached hydrogens (tertiary/aromatic N) is 1. The summed E-state index contributed by atoms with van der Waals surface area (Å²) in [6.07, 6.45) is 3.58. The molecule has 3 atom stereocenters. The number of benzene rings is 2. The van der Waals surface area contributed by atoms with E-state index >= 15 is 0 Å². The standard InChI is InChI=1S/C27H30N2O5/c30-25(29-14-6-13-24(29)26(31)32)15-17-7-5-12-23(17)28-27(33)34-16-22-20-10-3-1-8-18(20)19-9-2-4-11-21(19)22/h1-4,8-11,17,22-24H,5-7,12-16H2,(H,28,33)(H,31,32)/t17-,23+,24?/m0/s1. The van der Waals surface area contributed by atoms with E-state index in [-0.39, 0.29) is 36.8 Å². The van der Waals surface area contributed by atoms with Crippen molar-refractivity contribution in [3.8, 4) is 11.1 Å². The number of likely N-dealkylation sites (tertiary alicyclic amines) is 1. The Morgan fingerprint density at radius 3 is 2.29 bits per heavy atom. The molecule has 0 spiro atoms. The minimum atomic E-state index is -0.939. The Hall–Kier alpha value is -3.35. The molecule has 178 valence electrons. The predicted octanol–water partition coefficient (Wildman–Crippen LogP) is 4.16. The van der Waals surface area contributed by atoms with Crippen molar-refractivity contribution in [2.24, 2.45) is 5.92 Å². The second-order valence-corrected chi connectivity index (χ2v) is 9.55. The van der Waals surface area contributed by atoms with Crippen LogP contribution in [0.1, 0.15) is 55.6 Å². The molecule has 3 aliphatic rings. The Labute approximate surface area is 199 Å². The number of hydrogen-bond donors (Lipinski definition) is 2. The van der Waals surface area contributed by atoms with Crippen molar-refractivity contribution < 1.29 is 24.2 Å². The normalized spacial score (nSPS) is 23.4. The van der Waals surface area contributed by atoms with E-state index < -0.39 is 18.1 Å². The van der Waals surface area contributed by atoms with Crippen LogP contribution in [-0.4, -0.2) is 53.2 Å². The van der Waals surface area contributed by atoms with Gasteiger partial charge in [0.05, 0.1) is 0 Å². The molecule has 7 nitrogen and oxygen atoms in total. The van der Waals surface area contributed by atoms with Crippen LogP contribution in [0.25, 0.3) is 11.1 Å². The van der Waals surface area contributed by atoms with Crippen LogP contribution in [0.4, 0.5) is 4.79 Å². The Morgan fingerprint density at radius 1 is 0.941 bits per heavy atom. The Morgan fingerprint density at radius 2 is 1.62 bits per heavy atom. The highest BCUT2D eigenvalue weighted by Gasteiger charge is 2.37. The molecular weight excluding hydrogens is 432 g/mol. The summed E-state index contributed by atoms with van der Waals surface area (Å²) in [5, 5.41) is 12.4. The van der Waals surface area contributed by atoms with Crippen LogP contribution < -0.4 is 5.32 Å². The number of rotatable bonds is 6. The number of fused-ring (bicyclic) bond motifs is 3. The summed E-state index contributed by atoms with van der Waals surface area (Å²) in [6.45, 7) is 0.747. The smallest absolute Gasteiger partial charge is 0.407 e. The molecule has 0 radical (unpaired) electrons. The lowest BCUT2D eigenvalue weighted by atomic mass is 9.98. The maximum Gasteiger partial charge on any atom is 0.407 e. The molecule has 0 aromatic heterocycles. The van der Waals surface area contributed by atoms with Gasteiger partial charge in [0.25, 0.3) is 0 Å². The van der Waals surface area contributed by atoms with Gasteiger partial charge in [-0.05, 0) is 53.9 Å². The van der Waals surface area contributed by atoms with Gasteiger partial charge in [-0.15, -0.1) is 0 Å². The van der Waals surface area contributed by atoms with Crippen molar-refractivity contribution >= 4 is 18.0 Å². The number of aliphatic carboxylic acids is 1. The van der Waals surface area contributed by atoms with E-state index in [9.17, 15) is 19.5 Å². The zero-order chi connectivity index (χ0) is 23.7. The fourth-order valence-electron chi connectivity index (χ4n) is 5.93. The number of carboxylic acids is 1. The average Bonchev–Trinajstić information content (AvgIpc) is 3.56. The number of carbonyl (C=O) groups excluding carboxylic acids is 2. The van der Waals surface area contributed by atoms with Crippen LogP contribution in [0.15, 0.2) is 48.5 Å². The molecule has 2 N–H and O–H groups in total. The van der Waals surface area contributed by atoms with E-state index in [2.05, 4.69) is 29.6 Å². The number of carbonyl (C=O) groups is 3. The molecular formula is C27H30N2O5. The van der Waals surface area contributed by atoms with Crippen LogP contribution in [0, 0.1) is 5.92 Å². The lowest BCUT2D eigenvalue weighted by molar-refractivity contribution is -0.148. The first kappa shape index (κ1) is 22.4. The first-order valence-corrected chi connectivity index (χ1v) is 12.2. The average molecular weight is 463 g/mol. The molecule has 34 heavy (non-hydrogen) atoms. The number of ether oxygens (including phenoxy) is 1. The van der Waals surface area contributed by atoms with Crippen molar-refractivity contribution in [1.82, 2.24) is 10.2 Å². The van der Waals surface area contributed by atoms with Crippen molar-refractivity contribution in [1.29, 1.82) is 0 Å². The largest absolute Gasteiger partial charge is 0.480 e. The molecule has 1 saturated carbocycles. The molecule has 1 unspecified atom stereocenters. The van der Waals surface area contributed by atoms with Gasteiger partial charge in [0, 0.05) is 24.9 Å². The summed E-state index contributed by atoms with van der Waals surface area (Å²) in [5.41, 5.74) is 4.70.